The Labute approximate surface area is 185 Å². The van der Waals surface area contributed by atoms with Crippen molar-refractivity contribution in [1.82, 2.24) is 15.1 Å². The summed E-state index contributed by atoms with van der Waals surface area (Å²) < 4.78 is 1.92. The predicted octanol–water partition coefficient (Wildman–Crippen LogP) is 2.92. The standard InChI is InChI=1S/C26H32N4O/c1-20-25(21(2)30(28-20)24-9-5-3-6-10-24)17-26(31)27-18-22-11-13-23(14-12-22)19-29-15-7-4-8-16-29/h3,5-6,9-14H,4,7-8,15-19H2,1-2H3,(H,27,31)/p+1. The number of quaternary nitrogens is 1. The fourth-order valence-corrected chi connectivity index (χ4v) is 4.47. The van der Waals surface area contributed by atoms with E-state index < -0.39 is 0 Å². The van der Waals surface area contributed by atoms with Crippen LogP contribution < -0.4 is 10.2 Å². The van der Waals surface area contributed by atoms with Gasteiger partial charge in [0.15, 0.2) is 0 Å². The fraction of sp³-hybridized carbons (Fsp3) is 0.385. The Balaban J connectivity index is 1.32. The minimum Gasteiger partial charge on any atom is -0.352 e. The van der Waals surface area contributed by atoms with Gasteiger partial charge in [0.05, 0.1) is 30.9 Å². The van der Waals surface area contributed by atoms with Gasteiger partial charge in [-0.25, -0.2) is 4.68 Å². The Morgan fingerprint density at radius 2 is 1.65 bits per heavy atom. The van der Waals surface area contributed by atoms with Crippen molar-refractivity contribution in [2.75, 3.05) is 13.1 Å². The van der Waals surface area contributed by atoms with Crippen molar-refractivity contribution >= 4 is 5.91 Å². The summed E-state index contributed by atoms with van der Waals surface area (Å²) in [7, 11) is 0. The molecule has 0 saturated carbocycles. The van der Waals surface area contributed by atoms with E-state index in [1.54, 1.807) is 4.90 Å². The molecule has 0 atom stereocenters. The minimum absolute atomic E-state index is 0.0284. The minimum atomic E-state index is 0.0284. The number of nitrogens with one attached hydrogen (secondary N) is 2. The van der Waals surface area contributed by atoms with E-state index >= 15 is 0 Å². The number of aryl methyl sites for hydroxylation is 1. The number of hydrogen-bond acceptors (Lipinski definition) is 2. The van der Waals surface area contributed by atoms with E-state index in [0.29, 0.717) is 13.0 Å². The van der Waals surface area contributed by atoms with Crippen LogP contribution in [0.1, 0.15) is 47.3 Å². The molecular formula is C26H33N4O+. The Kier molecular flexibility index (Phi) is 6.82. The Morgan fingerprint density at radius 3 is 2.35 bits per heavy atom. The highest BCUT2D eigenvalue weighted by Gasteiger charge is 2.16. The van der Waals surface area contributed by atoms with Gasteiger partial charge in [-0.2, -0.15) is 5.10 Å². The number of carbonyl (C=O) groups is 1. The fourth-order valence-electron chi connectivity index (χ4n) is 4.47. The lowest BCUT2D eigenvalue weighted by molar-refractivity contribution is -0.918. The molecule has 162 valence electrons. The smallest absolute Gasteiger partial charge is 0.224 e. The van der Waals surface area contributed by atoms with Crippen molar-refractivity contribution < 1.29 is 9.69 Å². The van der Waals surface area contributed by atoms with Gasteiger partial charge in [0.2, 0.25) is 5.91 Å². The van der Waals surface area contributed by atoms with Gasteiger partial charge in [0.1, 0.15) is 6.54 Å². The zero-order valence-corrected chi connectivity index (χ0v) is 18.7. The van der Waals surface area contributed by atoms with Crippen LogP contribution in [0, 0.1) is 13.8 Å². The summed E-state index contributed by atoms with van der Waals surface area (Å²) in [5.74, 6) is 0.0284. The van der Waals surface area contributed by atoms with Crippen LogP contribution in [-0.4, -0.2) is 28.8 Å². The molecule has 5 heteroatoms. The van der Waals surface area contributed by atoms with Gasteiger partial charge in [0, 0.05) is 23.4 Å². The number of para-hydroxylation sites is 1. The summed E-state index contributed by atoms with van der Waals surface area (Å²) in [4.78, 5) is 14.3. The SMILES string of the molecule is Cc1nn(-c2ccccc2)c(C)c1CC(=O)NCc1ccc(C[NH+]2CCCCC2)cc1. The molecule has 0 spiro atoms. The maximum absolute atomic E-state index is 12.6. The highest BCUT2D eigenvalue weighted by atomic mass is 16.1. The third-order valence-electron chi connectivity index (χ3n) is 6.31. The molecule has 1 saturated heterocycles. The van der Waals surface area contributed by atoms with E-state index in [-0.39, 0.29) is 5.91 Å². The average Bonchev–Trinajstić information content (AvgIpc) is 3.08. The second-order valence-electron chi connectivity index (χ2n) is 8.65. The molecule has 2 aromatic carbocycles. The van der Waals surface area contributed by atoms with Gasteiger partial charge < -0.3 is 10.2 Å². The van der Waals surface area contributed by atoms with Crippen LogP contribution in [0.4, 0.5) is 0 Å². The van der Waals surface area contributed by atoms with Gasteiger partial charge >= 0.3 is 0 Å². The number of aromatic nitrogens is 2. The number of carbonyl (C=O) groups excluding carboxylic acids is 1. The molecule has 5 nitrogen and oxygen atoms in total. The van der Waals surface area contributed by atoms with Crippen LogP contribution >= 0.6 is 0 Å². The summed E-state index contributed by atoms with van der Waals surface area (Å²) >= 11 is 0. The predicted molar refractivity (Wildman–Crippen MR) is 123 cm³/mol. The van der Waals surface area contributed by atoms with E-state index in [9.17, 15) is 4.79 Å². The zero-order chi connectivity index (χ0) is 21.6. The molecule has 0 unspecified atom stereocenters. The second-order valence-corrected chi connectivity index (χ2v) is 8.65. The number of piperidine rings is 1. The largest absolute Gasteiger partial charge is 0.352 e. The topological polar surface area (TPSA) is 51.4 Å². The summed E-state index contributed by atoms with van der Waals surface area (Å²) in [5.41, 5.74) is 6.46. The Morgan fingerprint density at radius 1 is 0.968 bits per heavy atom. The van der Waals surface area contributed by atoms with E-state index in [2.05, 4.69) is 34.7 Å². The Bertz CT molecular complexity index is 1000. The van der Waals surface area contributed by atoms with Crippen molar-refractivity contribution in [3.05, 3.63) is 82.7 Å². The van der Waals surface area contributed by atoms with Gasteiger partial charge in [-0.15, -0.1) is 0 Å². The zero-order valence-electron chi connectivity index (χ0n) is 18.7. The van der Waals surface area contributed by atoms with Crippen LogP contribution in [0.5, 0.6) is 0 Å². The molecule has 1 aromatic heterocycles. The number of nitrogens with zero attached hydrogens (tertiary/aromatic N) is 2. The van der Waals surface area contributed by atoms with E-state index in [0.717, 1.165) is 34.7 Å². The molecule has 1 aliphatic rings. The first-order valence-corrected chi connectivity index (χ1v) is 11.4. The summed E-state index contributed by atoms with van der Waals surface area (Å²) in [6, 6.07) is 18.7. The first kappa shape index (κ1) is 21.3. The molecule has 1 aliphatic heterocycles. The highest BCUT2D eigenvalue weighted by molar-refractivity contribution is 5.79. The van der Waals surface area contributed by atoms with Crippen molar-refractivity contribution in [2.45, 2.75) is 52.6 Å². The van der Waals surface area contributed by atoms with Crippen molar-refractivity contribution in [1.29, 1.82) is 0 Å². The number of benzene rings is 2. The van der Waals surface area contributed by atoms with Crippen molar-refractivity contribution in [2.24, 2.45) is 0 Å². The normalized spacial score (nSPS) is 14.5. The average molecular weight is 418 g/mol. The molecule has 3 aromatic rings. The number of amides is 1. The van der Waals surface area contributed by atoms with Crippen LogP contribution in [-0.2, 0) is 24.3 Å². The van der Waals surface area contributed by atoms with Crippen molar-refractivity contribution in [3.8, 4) is 5.69 Å². The number of rotatable bonds is 7. The van der Waals surface area contributed by atoms with Gasteiger partial charge in [-0.1, -0.05) is 42.5 Å². The van der Waals surface area contributed by atoms with E-state index in [1.807, 2.05) is 48.9 Å². The molecule has 0 bridgehead atoms. The third-order valence-corrected chi connectivity index (χ3v) is 6.31. The monoisotopic (exact) mass is 417 g/mol. The van der Waals surface area contributed by atoms with Crippen molar-refractivity contribution in [3.63, 3.8) is 0 Å². The lowest BCUT2D eigenvalue weighted by atomic mass is 10.1. The Hall–Kier alpha value is -2.92. The molecule has 0 aliphatic carbocycles. The summed E-state index contributed by atoms with van der Waals surface area (Å²) in [6.45, 7) is 8.24. The lowest BCUT2D eigenvalue weighted by Gasteiger charge is -2.23. The molecule has 2 heterocycles. The van der Waals surface area contributed by atoms with Gasteiger partial charge in [-0.3, -0.25) is 4.79 Å². The van der Waals surface area contributed by atoms with Crippen LogP contribution in [0.3, 0.4) is 0 Å². The van der Waals surface area contributed by atoms with Crippen LogP contribution in [0.2, 0.25) is 0 Å². The molecule has 1 amide bonds. The highest BCUT2D eigenvalue weighted by Crippen LogP contribution is 2.18. The molecule has 4 rings (SSSR count). The first-order valence-electron chi connectivity index (χ1n) is 11.4. The van der Waals surface area contributed by atoms with E-state index in [4.69, 9.17) is 0 Å². The number of hydrogen-bond donors (Lipinski definition) is 2. The van der Waals surface area contributed by atoms with Gasteiger partial charge in [-0.05, 0) is 50.8 Å². The maximum Gasteiger partial charge on any atom is 0.224 e. The number of likely N-dealkylation sites (tertiary alicyclic amines) is 1. The molecule has 31 heavy (non-hydrogen) atoms. The molecule has 0 radical (unpaired) electrons. The van der Waals surface area contributed by atoms with E-state index in [1.165, 1.54) is 37.9 Å². The molecular weight excluding hydrogens is 384 g/mol. The second kappa shape index (κ2) is 9.92. The van der Waals surface area contributed by atoms with Crippen LogP contribution in [0.15, 0.2) is 54.6 Å². The third kappa shape index (κ3) is 5.42. The molecule has 1 fully saturated rings. The lowest BCUT2D eigenvalue weighted by Crippen LogP contribution is -3.11. The van der Waals surface area contributed by atoms with Crippen LogP contribution in [0.25, 0.3) is 5.69 Å². The first-order chi connectivity index (χ1) is 15.1. The quantitative estimate of drug-likeness (QED) is 0.621. The maximum atomic E-state index is 12.6. The molecule has 2 N–H and O–H groups in total. The van der Waals surface area contributed by atoms with Gasteiger partial charge in [0.25, 0.3) is 0 Å². The summed E-state index contributed by atoms with van der Waals surface area (Å²) in [5, 5.41) is 7.71. The summed E-state index contributed by atoms with van der Waals surface area (Å²) in [6.07, 6.45) is 4.43.